The van der Waals surface area contributed by atoms with Crippen LogP contribution in [-0.4, -0.2) is 19.0 Å². The average molecular weight is 498 g/mol. The Labute approximate surface area is 211 Å². The van der Waals surface area contributed by atoms with Crippen molar-refractivity contribution in [1.82, 2.24) is 0 Å². The number of amides is 1. The number of nitriles is 1. The fourth-order valence-electron chi connectivity index (χ4n) is 3.60. The molecule has 0 aliphatic carbocycles. The lowest BCUT2D eigenvalue weighted by atomic mass is 10.0. The zero-order valence-electron chi connectivity index (χ0n) is 19.6. The summed E-state index contributed by atoms with van der Waals surface area (Å²) in [4.78, 5) is 24.5. The summed E-state index contributed by atoms with van der Waals surface area (Å²) >= 11 is 0. The van der Waals surface area contributed by atoms with Crippen LogP contribution in [0, 0.1) is 23.0 Å². The number of nitrogens with one attached hydrogen (secondary N) is 1. The predicted molar refractivity (Wildman–Crippen MR) is 133 cm³/mol. The molecule has 1 N–H and O–H groups in total. The molecule has 0 unspecified atom stereocenters. The molecule has 0 bridgehead atoms. The number of ether oxygens (including phenoxy) is 2. The standard InChI is InChI=1S/C29H20F2N2O4/c1-36-29(35)20-4-2-18(3-5-20)14-28(34)33-26-16-21(22-12-19(17-32)13-24(31)15-22)6-11-27(26)37-25-9-7-23(30)8-10-25/h2-13,15-16H,14H2,1H3,(H,33,34). The lowest BCUT2D eigenvalue weighted by Gasteiger charge is -2.15. The molecule has 184 valence electrons. The van der Waals surface area contributed by atoms with Gasteiger partial charge in [0.15, 0.2) is 5.75 Å². The number of rotatable bonds is 7. The predicted octanol–water partition coefficient (Wildman–Crippen LogP) is 6.26. The minimum absolute atomic E-state index is 0.000212. The molecule has 4 aromatic carbocycles. The van der Waals surface area contributed by atoms with Gasteiger partial charge in [-0.3, -0.25) is 4.79 Å². The third kappa shape index (κ3) is 6.35. The van der Waals surface area contributed by atoms with Crippen LogP contribution in [0.2, 0.25) is 0 Å². The van der Waals surface area contributed by atoms with Crippen LogP contribution >= 0.6 is 0 Å². The van der Waals surface area contributed by atoms with Gasteiger partial charge >= 0.3 is 5.97 Å². The highest BCUT2D eigenvalue weighted by molar-refractivity contribution is 5.95. The summed E-state index contributed by atoms with van der Waals surface area (Å²) in [7, 11) is 1.29. The van der Waals surface area contributed by atoms with E-state index in [-0.39, 0.29) is 23.6 Å². The highest BCUT2D eigenvalue weighted by Gasteiger charge is 2.14. The van der Waals surface area contributed by atoms with Crippen molar-refractivity contribution < 1.29 is 27.8 Å². The number of halogens is 2. The Morgan fingerprint density at radius 3 is 2.27 bits per heavy atom. The molecule has 0 aromatic heterocycles. The van der Waals surface area contributed by atoms with Crippen LogP contribution < -0.4 is 10.1 Å². The van der Waals surface area contributed by atoms with E-state index in [9.17, 15) is 23.6 Å². The van der Waals surface area contributed by atoms with Crippen molar-refractivity contribution in [3.05, 3.63) is 113 Å². The number of hydrogen-bond donors (Lipinski definition) is 1. The molecule has 0 spiro atoms. The van der Waals surface area contributed by atoms with Crippen molar-refractivity contribution in [3.8, 4) is 28.7 Å². The van der Waals surface area contributed by atoms with Crippen molar-refractivity contribution in [3.63, 3.8) is 0 Å². The summed E-state index contributed by atoms with van der Waals surface area (Å²) in [6.45, 7) is 0. The van der Waals surface area contributed by atoms with Crippen LogP contribution in [0.1, 0.15) is 21.5 Å². The smallest absolute Gasteiger partial charge is 0.337 e. The highest BCUT2D eigenvalue weighted by atomic mass is 19.1. The van der Waals surface area contributed by atoms with E-state index in [4.69, 9.17) is 4.74 Å². The Morgan fingerprint density at radius 1 is 0.865 bits per heavy atom. The summed E-state index contributed by atoms with van der Waals surface area (Å²) < 4.78 is 37.9. The van der Waals surface area contributed by atoms with Crippen LogP contribution in [0.5, 0.6) is 11.5 Å². The van der Waals surface area contributed by atoms with Crippen molar-refractivity contribution in [1.29, 1.82) is 5.26 Å². The number of carbonyl (C=O) groups is 2. The molecule has 6 nitrogen and oxygen atoms in total. The average Bonchev–Trinajstić information content (AvgIpc) is 2.90. The molecular formula is C29H20F2N2O4. The van der Waals surface area contributed by atoms with Gasteiger partial charge in [-0.25, -0.2) is 13.6 Å². The minimum Gasteiger partial charge on any atom is -0.465 e. The first kappa shape index (κ1) is 25.1. The molecule has 0 radical (unpaired) electrons. The summed E-state index contributed by atoms with van der Waals surface area (Å²) in [5.74, 6) is -1.21. The molecule has 0 heterocycles. The topological polar surface area (TPSA) is 88.4 Å². The molecule has 8 heteroatoms. The zero-order chi connectivity index (χ0) is 26.4. The van der Waals surface area contributed by atoms with Crippen LogP contribution in [0.25, 0.3) is 11.1 Å². The van der Waals surface area contributed by atoms with E-state index in [1.54, 1.807) is 42.5 Å². The second-order valence-corrected chi connectivity index (χ2v) is 8.02. The van der Waals surface area contributed by atoms with E-state index in [2.05, 4.69) is 10.1 Å². The fraction of sp³-hybridized carbons (Fsp3) is 0.0690. The van der Waals surface area contributed by atoms with Gasteiger partial charge in [-0.05, 0) is 83.4 Å². The third-order valence-corrected chi connectivity index (χ3v) is 5.40. The summed E-state index contributed by atoms with van der Waals surface area (Å²) in [5.41, 5.74) is 2.45. The lowest BCUT2D eigenvalue weighted by molar-refractivity contribution is -0.115. The van der Waals surface area contributed by atoms with Crippen LogP contribution in [0.3, 0.4) is 0 Å². The highest BCUT2D eigenvalue weighted by Crippen LogP contribution is 2.34. The summed E-state index contributed by atoms with van der Waals surface area (Å²) in [6.07, 6.45) is 0.000212. The number of anilines is 1. The second-order valence-electron chi connectivity index (χ2n) is 8.02. The van der Waals surface area contributed by atoms with Crippen molar-refractivity contribution in [2.45, 2.75) is 6.42 Å². The van der Waals surface area contributed by atoms with Crippen molar-refractivity contribution >= 4 is 17.6 Å². The van der Waals surface area contributed by atoms with Gasteiger partial charge in [-0.15, -0.1) is 0 Å². The number of methoxy groups -OCH3 is 1. The number of esters is 1. The van der Waals surface area contributed by atoms with E-state index >= 15 is 0 Å². The molecular weight excluding hydrogens is 478 g/mol. The van der Waals surface area contributed by atoms with E-state index < -0.39 is 17.6 Å². The molecule has 4 aromatic rings. The van der Waals surface area contributed by atoms with Crippen LogP contribution in [0.4, 0.5) is 14.5 Å². The quantitative estimate of drug-likeness (QED) is 0.304. The number of benzene rings is 4. The van der Waals surface area contributed by atoms with Gasteiger partial charge in [0.25, 0.3) is 0 Å². The SMILES string of the molecule is COC(=O)c1ccc(CC(=O)Nc2cc(-c3cc(F)cc(C#N)c3)ccc2Oc2ccc(F)cc2)cc1. The largest absolute Gasteiger partial charge is 0.465 e. The Morgan fingerprint density at radius 2 is 1.59 bits per heavy atom. The minimum atomic E-state index is -0.568. The molecule has 37 heavy (non-hydrogen) atoms. The number of nitrogens with zero attached hydrogens (tertiary/aromatic N) is 1. The lowest BCUT2D eigenvalue weighted by Crippen LogP contribution is -2.15. The van der Waals surface area contributed by atoms with Gasteiger partial charge in [-0.1, -0.05) is 18.2 Å². The molecule has 0 saturated carbocycles. The van der Waals surface area contributed by atoms with Crippen LogP contribution in [0.15, 0.2) is 84.9 Å². The van der Waals surface area contributed by atoms with Crippen molar-refractivity contribution in [2.75, 3.05) is 12.4 Å². The van der Waals surface area contributed by atoms with Crippen LogP contribution in [-0.2, 0) is 16.0 Å². The first-order chi connectivity index (χ1) is 17.8. The Balaban J connectivity index is 1.63. The Hall–Kier alpha value is -5.03. The maximum Gasteiger partial charge on any atom is 0.337 e. The first-order valence-corrected chi connectivity index (χ1v) is 11.1. The van der Waals surface area contributed by atoms with E-state index in [0.29, 0.717) is 33.7 Å². The first-order valence-electron chi connectivity index (χ1n) is 11.1. The van der Waals surface area contributed by atoms with Gasteiger partial charge in [0.2, 0.25) is 5.91 Å². The van der Waals surface area contributed by atoms with Gasteiger partial charge < -0.3 is 14.8 Å². The van der Waals surface area contributed by atoms with E-state index in [1.165, 1.54) is 43.5 Å². The third-order valence-electron chi connectivity index (χ3n) is 5.40. The maximum atomic E-state index is 14.0. The normalized spacial score (nSPS) is 10.3. The monoisotopic (exact) mass is 498 g/mol. The Bertz CT molecular complexity index is 1490. The summed E-state index contributed by atoms with van der Waals surface area (Å²) in [6, 6.07) is 22.5. The maximum absolute atomic E-state index is 14.0. The van der Waals surface area contributed by atoms with E-state index in [0.717, 1.165) is 6.07 Å². The molecule has 4 rings (SSSR count). The summed E-state index contributed by atoms with van der Waals surface area (Å²) in [5, 5.41) is 12.0. The number of hydrogen-bond acceptors (Lipinski definition) is 5. The molecule has 0 aliphatic rings. The molecule has 0 atom stereocenters. The fourth-order valence-corrected chi connectivity index (χ4v) is 3.60. The molecule has 0 saturated heterocycles. The van der Waals surface area contributed by atoms with E-state index in [1.807, 2.05) is 6.07 Å². The van der Waals surface area contributed by atoms with Gasteiger partial charge in [0.1, 0.15) is 17.4 Å². The number of carbonyl (C=O) groups excluding carboxylic acids is 2. The van der Waals surface area contributed by atoms with Gasteiger partial charge in [0.05, 0.1) is 36.4 Å². The Kier molecular flexibility index (Phi) is 7.55. The van der Waals surface area contributed by atoms with Crippen molar-refractivity contribution in [2.24, 2.45) is 0 Å². The second kappa shape index (κ2) is 11.1. The van der Waals surface area contributed by atoms with Gasteiger partial charge in [-0.2, -0.15) is 5.26 Å². The molecule has 0 aliphatic heterocycles. The van der Waals surface area contributed by atoms with Gasteiger partial charge in [0, 0.05) is 0 Å². The molecule has 1 amide bonds. The molecule has 0 fully saturated rings. The zero-order valence-corrected chi connectivity index (χ0v) is 19.6.